The Kier molecular flexibility index (Phi) is 8.44. The highest BCUT2D eigenvalue weighted by Gasteiger charge is 1.86. The van der Waals surface area contributed by atoms with Gasteiger partial charge in [0.25, 0.3) is 0 Å². The minimum absolute atomic E-state index is 0.839. The molecule has 0 amide bonds. The zero-order valence-electron chi connectivity index (χ0n) is 6.81. The van der Waals surface area contributed by atoms with Crippen molar-refractivity contribution in [2.24, 2.45) is 0 Å². The molecule has 0 fully saturated rings. The highest BCUT2D eigenvalue weighted by atomic mass is 16.5. The highest BCUT2D eigenvalue weighted by molar-refractivity contribution is 4.76. The summed E-state index contributed by atoms with van der Waals surface area (Å²) < 4.78 is 5.09. The molecule has 0 N–H and O–H groups in total. The summed E-state index contributed by atoms with van der Waals surface area (Å²) in [6, 6.07) is 0. The molecule has 0 heterocycles. The van der Waals surface area contributed by atoms with Crippen molar-refractivity contribution >= 4 is 0 Å². The molecule has 1 heteroatoms. The molecular weight excluding hydrogens is 124 g/mol. The average Bonchev–Trinajstić information content (AvgIpc) is 1.97. The molecule has 0 aliphatic carbocycles. The first-order valence-corrected chi connectivity index (χ1v) is 3.97. The van der Waals surface area contributed by atoms with Gasteiger partial charge in [0.2, 0.25) is 0 Å². The van der Waals surface area contributed by atoms with Gasteiger partial charge in [-0.2, -0.15) is 0 Å². The molecule has 0 bridgehead atoms. The van der Waals surface area contributed by atoms with Crippen molar-refractivity contribution in [3.8, 4) is 0 Å². The Bertz CT molecular complexity index is 69.1. The predicted molar refractivity (Wildman–Crippen MR) is 44.6 cm³/mol. The quantitative estimate of drug-likeness (QED) is 0.495. The Labute approximate surface area is 64.1 Å². The predicted octanol–water partition coefficient (Wildman–Crippen LogP) is 2.93. The van der Waals surface area contributed by atoms with Gasteiger partial charge in [0.1, 0.15) is 6.61 Å². The third-order valence-corrected chi connectivity index (χ3v) is 1.31. The van der Waals surface area contributed by atoms with Crippen LogP contribution in [0, 0.1) is 6.61 Å². The topological polar surface area (TPSA) is 9.23 Å². The average molecular weight is 141 g/mol. The van der Waals surface area contributed by atoms with Crippen LogP contribution in [0.25, 0.3) is 0 Å². The van der Waals surface area contributed by atoms with Crippen LogP contribution in [0.2, 0.25) is 0 Å². The van der Waals surface area contributed by atoms with Crippen LogP contribution in [0.3, 0.4) is 0 Å². The van der Waals surface area contributed by atoms with Crippen LogP contribution in [0.5, 0.6) is 0 Å². The number of unbranched alkanes of at least 4 members (excludes halogenated alkanes) is 3. The minimum atomic E-state index is 0.839. The molecule has 1 nitrogen and oxygen atoms in total. The van der Waals surface area contributed by atoms with Crippen molar-refractivity contribution in [1.82, 2.24) is 0 Å². The lowest BCUT2D eigenvalue weighted by atomic mass is 10.2. The molecule has 0 rings (SSSR count). The summed E-state index contributed by atoms with van der Waals surface area (Å²) in [5, 5.41) is 0. The second kappa shape index (κ2) is 8.70. The van der Waals surface area contributed by atoms with Gasteiger partial charge in [-0.25, -0.2) is 0 Å². The van der Waals surface area contributed by atoms with Gasteiger partial charge in [-0.3, -0.25) is 0 Å². The summed E-state index contributed by atoms with van der Waals surface area (Å²) in [7, 11) is 0. The maximum Gasteiger partial charge on any atom is 0.105 e. The fourth-order valence-corrected chi connectivity index (χ4v) is 0.748. The van der Waals surface area contributed by atoms with Gasteiger partial charge in [0.15, 0.2) is 0 Å². The summed E-state index contributed by atoms with van der Waals surface area (Å²) in [6.45, 7) is 8.20. The van der Waals surface area contributed by atoms with Gasteiger partial charge in [-0.05, 0) is 6.42 Å². The summed E-state index contributed by atoms with van der Waals surface area (Å²) >= 11 is 0. The molecular formula is C9H17O. The van der Waals surface area contributed by atoms with E-state index in [1.54, 1.807) is 12.7 Å². The number of ether oxygens (including phenoxy) is 1. The summed E-state index contributed by atoms with van der Waals surface area (Å²) in [5.74, 6) is 0. The van der Waals surface area contributed by atoms with Gasteiger partial charge in [-0.1, -0.05) is 32.3 Å². The monoisotopic (exact) mass is 141 g/mol. The smallest absolute Gasteiger partial charge is 0.105 e. The summed E-state index contributed by atoms with van der Waals surface area (Å²) in [4.78, 5) is 0. The van der Waals surface area contributed by atoms with E-state index in [-0.39, 0.29) is 0 Å². The van der Waals surface area contributed by atoms with Gasteiger partial charge in [-0.15, -0.1) is 6.58 Å². The molecule has 0 aromatic heterocycles. The first kappa shape index (κ1) is 9.70. The van der Waals surface area contributed by atoms with E-state index in [9.17, 15) is 0 Å². The highest BCUT2D eigenvalue weighted by Crippen LogP contribution is 1.99. The molecule has 1 radical (unpaired) electrons. The largest absolute Gasteiger partial charge is 0.371 e. The molecule has 0 saturated carbocycles. The summed E-state index contributed by atoms with van der Waals surface area (Å²) in [6.07, 6.45) is 6.71. The Morgan fingerprint density at radius 3 is 2.70 bits per heavy atom. The molecule has 10 heavy (non-hydrogen) atoms. The van der Waals surface area contributed by atoms with E-state index in [4.69, 9.17) is 4.74 Å². The van der Waals surface area contributed by atoms with Crippen LogP contribution in [0.4, 0.5) is 0 Å². The third-order valence-electron chi connectivity index (χ3n) is 1.31. The fourth-order valence-electron chi connectivity index (χ4n) is 0.748. The molecule has 0 aliphatic heterocycles. The number of hydrogen-bond donors (Lipinski definition) is 0. The summed E-state index contributed by atoms with van der Waals surface area (Å²) in [5.41, 5.74) is 0. The third kappa shape index (κ3) is 7.70. The van der Waals surface area contributed by atoms with Crippen LogP contribution in [0.1, 0.15) is 32.6 Å². The zero-order chi connectivity index (χ0) is 7.66. The van der Waals surface area contributed by atoms with Crippen LogP contribution < -0.4 is 0 Å². The standard InChI is InChI=1S/C9H17O/c1-3-5-6-7-9-10-8-4-2/h4,8H,2-3,5-7,9H2,1H3. The van der Waals surface area contributed by atoms with Crippen LogP contribution in [-0.4, -0.2) is 6.61 Å². The lowest BCUT2D eigenvalue weighted by molar-refractivity contribution is 0.208. The SMILES string of the molecule is C=C[CH]OCCCCCC. The fraction of sp³-hybridized carbons (Fsp3) is 0.667. The van der Waals surface area contributed by atoms with Gasteiger partial charge in [0, 0.05) is 6.61 Å². The molecule has 0 aromatic carbocycles. The van der Waals surface area contributed by atoms with E-state index in [1.165, 1.54) is 19.3 Å². The zero-order valence-corrected chi connectivity index (χ0v) is 6.81. The molecule has 0 unspecified atom stereocenters. The van der Waals surface area contributed by atoms with E-state index in [2.05, 4.69) is 13.5 Å². The number of hydrogen-bond acceptors (Lipinski definition) is 1. The van der Waals surface area contributed by atoms with E-state index in [1.807, 2.05) is 0 Å². The lowest BCUT2D eigenvalue weighted by Crippen LogP contribution is -1.89. The van der Waals surface area contributed by atoms with Crippen molar-refractivity contribution in [3.05, 3.63) is 19.3 Å². The Morgan fingerprint density at radius 1 is 1.30 bits per heavy atom. The maximum absolute atomic E-state index is 5.09. The molecule has 0 atom stereocenters. The van der Waals surface area contributed by atoms with E-state index in [0.29, 0.717) is 0 Å². The van der Waals surface area contributed by atoms with Crippen molar-refractivity contribution in [3.63, 3.8) is 0 Å². The van der Waals surface area contributed by atoms with Crippen molar-refractivity contribution in [1.29, 1.82) is 0 Å². The molecule has 0 saturated heterocycles. The van der Waals surface area contributed by atoms with Crippen molar-refractivity contribution in [2.45, 2.75) is 32.6 Å². The Hall–Kier alpha value is -0.300. The molecule has 0 aromatic rings. The first-order valence-electron chi connectivity index (χ1n) is 3.97. The van der Waals surface area contributed by atoms with Gasteiger partial charge >= 0.3 is 0 Å². The van der Waals surface area contributed by atoms with Crippen molar-refractivity contribution < 1.29 is 4.74 Å². The van der Waals surface area contributed by atoms with Crippen LogP contribution in [0.15, 0.2) is 12.7 Å². The maximum atomic E-state index is 5.09. The normalized spacial score (nSPS) is 9.70. The Balaban J connectivity index is 2.70. The van der Waals surface area contributed by atoms with Crippen LogP contribution >= 0.6 is 0 Å². The van der Waals surface area contributed by atoms with E-state index >= 15 is 0 Å². The second-order valence-electron chi connectivity index (χ2n) is 2.30. The minimum Gasteiger partial charge on any atom is -0.371 e. The second-order valence-corrected chi connectivity index (χ2v) is 2.30. The number of rotatable bonds is 7. The molecule has 0 spiro atoms. The first-order chi connectivity index (χ1) is 4.91. The molecule has 0 aliphatic rings. The lowest BCUT2D eigenvalue weighted by Gasteiger charge is -1.98. The van der Waals surface area contributed by atoms with Gasteiger partial charge < -0.3 is 4.74 Å². The van der Waals surface area contributed by atoms with E-state index < -0.39 is 0 Å². The Morgan fingerprint density at radius 2 is 2.10 bits per heavy atom. The van der Waals surface area contributed by atoms with Crippen LogP contribution in [-0.2, 0) is 4.74 Å². The van der Waals surface area contributed by atoms with E-state index in [0.717, 1.165) is 13.0 Å². The van der Waals surface area contributed by atoms with Gasteiger partial charge in [0.05, 0.1) is 0 Å². The van der Waals surface area contributed by atoms with Crippen molar-refractivity contribution in [2.75, 3.05) is 6.61 Å². The molecule has 59 valence electrons.